The van der Waals surface area contributed by atoms with E-state index < -0.39 is 20.8 Å². The van der Waals surface area contributed by atoms with Crippen LogP contribution in [0, 0.1) is 0 Å². The molecule has 0 heterocycles. The Kier molecular flexibility index (Phi) is 14.9. The predicted molar refractivity (Wildman–Crippen MR) is 28.3 cm³/mol. The monoisotopic (exact) mass is 268 g/mol. The molecular formula is H4FeO9S2. The Bertz CT molecular complexity index is 209. The zero-order chi connectivity index (χ0) is 9.00. The molecule has 0 aromatic heterocycles. The Balaban J connectivity index is -0.0000000457. The minimum atomic E-state index is -5.17. The summed E-state index contributed by atoms with van der Waals surface area (Å²) in [7, 11) is -9.83. The average Bonchev–Trinajstić information content (AvgIpc) is 1.12. The molecule has 0 aliphatic rings. The molecule has 0 spiro atoms. The zero-order valence-electron chi connectivity index (χ0n) is 5.01. The maximum Gasteiger partial charge on any atom is 2.00 e. The molecule has 12 heavy (non-hydrogen) atoms. The van der Waals surface area contributed by atoms with E-state index in [-0.39, 0.29) is 22.5 Å². The van der Waals surface area contributed by atoms with Gasteiger partial charge in [-0.3, -0.25) is 17.5 Å². The molecule has 9 nitrogen and oxygen atoms in total. The summed E-state index contributed by atoms with van der Waals surface area (Å²) in [6.45, 7) is 0. The molecule has 0 fully saturated rings. The van der Waals surface area contributed by atoms with Gasteiger partial charge in [0.25, 0.3) is 0 Å². The summed E-state index contributed by atoms with van der Waals surface area (Å²) >= 11 is 0. The molecular weight excluding hydrogens is 264 g/mol. The van der Waals surface area contributed by atoms with E-state index in [1.165, 1.54) is 0 Å². The number of rotatable bonds is 0. The fourth-order valence-electron chi connectivity index (χ4n) is 0. The second kappa shape index (κ2) is 7.85. The molecule has 0 aliphatic heterocycles. The second-order valence-corrected chi connectivity index (χ2v) is 2.57. The van der Waals surface area contributed by atoms with Crippen molar-refractivity contribution in [3.63, 3.8) is 0 Å². The molecule has 0 atom stereocenters. The first kappa shape index (κ1) is 22.8. The molecule has 0 radical (unpaired) electrons. The summed E-state index contributed by atoms with van der Waals surface area (Å²) in [5.41, 5.74) is 0. The molecule has 0 amide bonds. The number of hydrogen-bond donors (Lipinski definition) is 2. The maximum absolute atomic E-state index is 8.74. The van der Waals surface area contributed by atoms with Gasteiger partial charge in [0.2, 0.25) is 0 Å². The van der Waals surface area contributed by atoms with Gasteiger partial charge in [-0.15, -0.1) is 0 Å². The van der Waals surface area contributed by atoms with Gasteiger partial charge >= 0.3 is 27.5 Å². The van der Waals surface area contributed by atoms with Crippen molar-refractivity contribution < 1.29 is 57.6 Å². The quantitative estimate of drug-likeness (QED) is 0.267. The van der Waals surface area contributed by atoms with Crippen molar-refractivity contribution in [2.45, 2.75) is 0 Å². The number of hydrogen-bond acceptors (Lipinski definition) is 6. The largest absolute Gasteiger partial charge is 2.00 e. The third-order valence-electron chi connectivity index (χ3n) is 0. The molecule has 0 rings (SSSR count). The Morgan fingerprint density at radius 1 is 0.917 bits per heavy atom. The van der Waals surface area contributed by atoms with Gasteiger partial charge in [-0.05, 0) is 0 Å². The molecule has 12 heteroatoms. The van der Waals surface area contributed by atoms with Crippen molar-refractivity contribution in [1.82, 2.24) is 0 Å². The van der Waals surface area contributed by atoms with Crippen LogP contribution in [0.1, 0.15) is 0 Å². The molecule has 0 aliphatic carbocycles. The van der Waals surface area contributed by atoms with Crippen LogP contribution >= 0.6 is 0 Å². The van der Waals surface area contributed by atoms with Gasteiger partial charge in [-0.1, -0.05) is 0 Å². The van der Waals surface area contributed by atoms with Gasteiger partial charge in [0.1, 0.15) is 0 Å². The summed E-state index contributed by atoms with van der Waals surface area (Å²) < 4.78 is 65.7. The Labute approximate surface area is 78.7 Å². The summed E-state index contributed by atoms with van der Waals surface area (Å²) in [4.78, 5) is 0. The molecule has 0 aromatic carbocycles. The minimum absolute atomic E-state index is 0. The van der Waals surface area contributed by atoms with Gasteiger partial charge in [-0.2, -0.15) is 8.42 Å². The third kappa shape index (κ3) is 18000. The fourth-order valence-corrected chi connectivity index (χ4v) is 0. The molecule has 0 saturated heterocycles. The molecule has 0 bridgehead atoms. The normalized spacial score (nSPS) is 9.67. The van der Waals surface area contributed by atoms with Crippen LogP contribution in [0.15, 0.2) is 0 Å². The van der Waals surface area contributed by atoms with Crippen LogP contribution in [0.25, 0.3) is 0 Å². The van der Waals surface area contributed by atoms with Crippen molar-refractivity contribution in [3.05, 3.63) is 0 Å². The Morgan fingerprint density at radius 3 is 0.917 bits per heavy atom. The summed E-state index contributed by atoms with van der Waals surface area (Å²) in [5, 5.41) is 0. The maximum atomic E-state index is 8.74. The van der Waals surface area contributed by atoms with E-state index in [0.29, 0.717) is 0 Å². The molecule has 0 saturated carbocycles. The van der Waals surface area contributed by atoms with Crippen LogP contribution in [0.3, 0.4) is 0 Å². The molecule has 0 aromatic rings. The molecule has 4 N–H and O–H groups in total. The topological polar surface area (TPSA) is 186 Å². The minimum Gasteiger partial charge on any atom is -0.759 e. The van der Waals surface area contributed by atoms with E-state index in [4.69, 9.17) is 35.0 Å². The molecule has 0 unspecified atom stereocenters. The summed E-state index contributed by atoms with van der Waals surface area (Å²) in [5.74, 6) is 0. The van der Waals surface area contributed by atoms with E-state index in [0.717, 1.165) is 0 Å². The van der Waals surface area contributed by atoms with Crippen LogP contribution in [-0.2, 0) is 37.9 Å². The van der Waals surface area contributed by atoms with Gasteiger partial charge in [0.05, 0.1) is 0 Å². The first-order valence-electron chi connectivity index (χ1n) is 1.37. The summed E-state index contributed by atoms with van der Waals surface area (Å²) in [6.07, 6.45) is 0. The van der Waals surface area contributed by atoms with Crippen molar-refractivity contribution >= 4 is 20.8 Å². The van der Waals surface area contributed by atoms with Gasteiger partial charge in [0.15, 0.2) is 0 Å². The predicted octanol–water partition coefficient (Wildman–Crippen LogP) is -2.82. The SMILES string of the molecule is O.O=S(=O)(O)O.O=S(=O)([O-])[O-].[Fe+2]. The van der Waals surface area contributed by atoms with Crippen LogP contribution < -0.4 is 0 Å². The first-order chi connectivity index (χ1) is 4.00. The summed E-state index contributed by atoms with van der Waals surface area (Å²) in [6, 6.07) is 0. The van der Waals surface area contributed by atoms with Crippen molar-refractivity contribution in [3.8, 4) is 0 Å². The van der Waals surface area contributed by atoms with E-state index in [9.17, 15) is 0 Å². The van der Waals surface area contributed by atoms with Gasteiger partial charge in [0, 0.05) is 10.4 Å². The van der Waals surface area contributed by atoms with E-state index >= 15 is 0 Å². The Morgan fingerprint density at radius 2 is 0.917 bits per heavy atom. The van der Waals surface area contributed by atoms with Crippen LogP contribution in [0.5, 0.6) is 0 Å². The van der Waals surface area contributed by atoms with Crippen molar-refractivity contribution in [1.29, 1.82) is 0 Å². The van der Waals surface area contributed by atoms with E-state index in [1.807, 2.05) is 0 Å². The average molecular weight is 268 g/mol. The van der Waals surface area contributed by atoms with Crippen molar-refractivity contribution in [2.75, 3.05) is 0 Å². The smallest absolute Gasteiger partial charge is 0.759 e. The zero-order valence-corrected chi connectivity index (χ0v) is 7.75. The third-order valence-corrected chi connectivity index (χ3v) is 0. The van der Waals surface area contributed by atoms with Gasteiger partial charge < -0.3 is 14.6 Å². The van der Waals surface area contributed by atoms with Crippen LogP contribution in [0.4, 0.5) is 0 Å². The van der Waals surface area contributed by atoms with Crippen molar-refractivity contribution in [2.24, 2.45) is 0 Å². The van der Waals surface area contributed by atoms with E-state index in [1.54, 1.807) is 0 Å². The first-order valence-corrected chi connectivity index (χ1v) is 4.10. The Hall–Kier alpha value is 0.219. The second-order valence-electron chi connectivity index (χ2n) is 0.856. The molecule has 78 valence electrons. The van der Waals surface area contributed by atoms with E-state index in [2.05, 4.69) is 0 Å². The van der Waals surface area contributed by atoms with Crippen LogP contribution in [-0.4, -0.2) is 40.5 Å². The van der Waals surface area contributed by atoms with Gasteiger partial charge in [-0.25, -0.2) is 0 Å². The fraction of sp³-hybridized carbons (Fsp3) is 0. The standard InChI is InChI=1S/Fe.2H2O4S.H2O/c;2*1-5(2,3)4;/h;2*(H2,1,2,3,4);1H2/q+2;;;/p-2. The van der Waals surface area contributed by atoms with Crippen LogP contribution in [0.2, 0.25) is 0 Å².